The maximum Gasteiger partial charge on any atom is 0.220 e. The minimum atomic E-state index is -1.79. The summed E-state index contributed by atoms with van der Waals surface area (Å²) in [6, 6.07) is -0.916. The molecular formula is C75H135NO13. The Labute approximate surface area is 542 Å². The van der Waals surface area contributed by atoms with E-state index in [1.807, 2.05) is 6.08 Å². The van der Waals surface area contributed by atoms with Crippen LogP contribution in [0.15, 0.2) is 72.9 Å². The number of hydrogen-bond donors (Lipinski definition) is 9. The van der Waals surface area contributed by atoms with E-state index in [1.54, 1.807) is 6.08 Å². The van der Waals surface area contributed by atoms with E-state index in [4.69, 9.17) is 18.9 Å². The van der Waals surface area contributed by atoms with E-state index in [0.29, 0.717) is 6.42 Å². The molecule has 2 saturated heterocycles. The van der Waals surface area contributed by atoms with Gasteiger partial charge in [0, 0.05) is 6.42 Å². The lowest BCUT2D eigenvalue weighted by Gasteiger charge is -2.46. The van der Waals surface area contributed by atoms with Gasteiger partial charge in [0.05, 0.1) is 32.0 Å². The predicted octanol–water partition coefficient (Wildman–Crippen LogP) is 15.4. The van der Waals surface area contributed by atoms with Crippen LogP contribution in [0.25, 0.3) is 0 Å². The first-order valence-corrected chi connectivity index (χ1v) is 36.7. The second-order valence-electron chi connectivity index (χ2n) is 25.7. The van der Waals surface area contributed by atoms with Crippen LogP contribution in [-0.4, -0.2) is 140 Å². The molecule has 518 valence electrons. The number of nitrogens with one attached hydrogen (secondary N) is 1. The van der Waals surface area contributed by atoms with E-state index >= 15 is 0 Å². The highest BCUT2D eigenvalue weighted by Gasteiger charge is 2.51. The number of aliphatic hydroxyl groups excluding tert-OH is 8. The van der Waals surface area contributed by atoms with Gasteiger partial charge in [0.2, 0.25) is 5.91 Å². The second-order valence-corrected chi connectivity index (χ2v) is 25.7. The number of ether oxygens (including phenoxy) is 4. The molecular weight excluding hydrogens is 1120 g/mol. The smallest absolute Gasteiger partial charge is 0.220 e. The van der Waals surface area contributed by atoms with E-state index in [9.17, 15) is 45.6 Å². The van der Waals surface area contributed by atoms with Crippen molar-refractivity contribution in [3.63, 3.8) is 0 Å². The molecule has 89 heavy (non-hydrogen) atoms. The Morgan fingerprint density at radius 2 is 0.775 bits per heavy atom. The molecule has 14 nitrogen and oxygen atoms in total. The van der Waals surface area contributed by atoms with Crippen LogP contribution in [0.4, 0.5) is 0 Å². The van der Waals surface area contributed by atoms with Crippen LogP contribution in [-0.2, 0) is 23.7 Å². The van der Waals surface area contributed by atoms with Gasteiger partial charge in [-0.3, -0.25) is 4.79 Å². The molecule has 12 atom stereocenters. The summed E-state index contributed by atoms with van der Waals surface area (Å²) < 4.78 is 22.9. The first kappa shape index (κ1) is 82.5. The van der Waals surface area contributed by atoms with E-state index in [2.05, 4.69) is 79.9 Å². The quantitative estimate of drug-likeness (QED) is 0.0204. The van der Waals surface area contributed by atoms with Crippen LogP contribution in [0, 0.1) is 0 Å². The minimum Gasteiger partial charge on any atom is -0.394 e. The zero-order valence-electron chi connectivity index (χ0n) is 56.4. The van der Waals surface area contributed by atoms with E-state index < -0.39 is 86.8 Å². The Bertz CT molecular complexity index is 1770. The highest BCUT2D eigenvalue weighted by atomic mass is 16.7. The summed E-state index contributed by atoms with van der Waals surface area (Å²) in [5.74, 6) is -0.235. The van der Waals surface area contributed by atoms with Crippen LogP contribution >= 0.6 is 0 Å². The summed E-state index contributed by atoms with van der Waals surface area (Å²) in [4.78, 5) is 13.3. The van der Waals surface area contributed by atoms with Gasteiger partial charge in [0.15, 0.2) is 12.6 Å². The number of hydrogen-bond acceptors (Lipinski definition) is 13. The number of unbranched alkanes of at least 4 members (excludes halogenated alkanes) is 37. The highest BCUT2D eigenvalue weighted by molar-refractivity contribution is 5.76. The van der Waals surface area contributed by atoms with Gasteiger partial charge in [-0.25, -0.2) is 0 Å². The Balaban J connectivity index is 1.60. The zero-order valence-corrected chi connectivity index (χ0v) is 56.4. The first-order chi connectivity index (χ1) is 43.6. The highest BCUT2D eigenvalue weighted by Crippen LogP contribution is 2.30. The fourth-order valence-electron chi connectivity index (χ4n) is 11.9. The molecule has 9 N–H and O–H groups in total. The maximum atomic E-state index is 13.3. The summed E-state index contributed by atoms with van der Waals surface area (Å²) in [7, 11) is 0. The first-order valence-electron chi connectivity index (χ1n) is 36.7. The van der Waals surface area contributed by atoms with Gasteiger partial charge >= 0.3 is 0 Å². The van der Waals surface area contributed by atoms with Gasteiger partial charge in [-0.05, 0) is 64.2 Å². The third kappa shape index (κ3) is 43.1. The normalized spacial score (nSPS) is 23.4. The molecule has 0 bridgehead atoms. The van der Waals surface area contributed by atoms with E-state index in [-0.39, 0.29) is 18.9 Å². The summed E-state index contributed by atoms with van der Waals surface area (Å²) in [5.41, 5.74) is 0. The van der Waals surface area contributed by atoms with Crippen molar-refractivity contribution < 1.29 is 64.6 Å². The zero-order chi connectivity index (χ0) is 64.5. The lowest BCUT2D eigenvalue weighted by molar-refractivity contribution is -0.359. The summed E-state index contributed by atoms with van der Waals surface area (Å²) in [6.45, 7) is 2.72. The van der Waals surface area contributed by atoms with Crippen molar-refractivity contribution in [3.8, 4) is 0 Å². The molecule has 0 aromatic heterocycles. The molecule has 0 radical (unpaired) electrons. The molecule has 2 aliphatic rings. The van der Waals surface area contributed by atoms with Gasteiger partial charge in [-0.2, -0.15) is 0 Å². The predicted molar refractivity (Wildman–Crippen MR) is 364 cm³/mol. The van der Waals surface area contributed by atoms with Crippen molar-refractivity contribution in [2.45, 2.75) is 376 Å². The molecule has 2 aliphatic heterocycles. The molecule has 1 amide bonds. The Kier molecular flexibility index (Phi) is 54.9. The third-order valence-electron chi connectivity index (χ3n) is 17.6. The largest absolute Gasteiger partial charge is 0.394 e. The summed E-state index contributed by atoms with van der Waals surface area (Å²) in [6.07, 6.45) is 64.0. The molecule has 0 aromatic carbocycles. The second kappa shape index (κ2) is 59.2. The topological polar surface area (TPSA) is 228 Å². The average molecular weight is 1260 g/mol. The Morgan fingerprint density at radius 1 is 0.416 bits per heavy atom. The van der Waals surface area contributed by atoms with Crippen molar-refractivity contribution in [2.75, 3.05) is 19.8 Å². The third-order valence-corrected chi connectivity index (χ3v) is 17.6. The molecule has 12 unspecified atom stereocenters. The molecule has 2 rings (SSSR count). The monoisotopic (exact) mass is 1260 g/mol. The Hall–Kier alpha value is -2.57. The van der Waals surface area contributed by atoms with Gasteiger partial charge in [-0.1, -0.05) is 305 Å². The van der Waals surface area contributed by atoms with E-state index in [1.165, 1.54) is 205 Å². The molecule has 0 saturated carbocycles. The molecule has 2 fully saturated rings. The number of rotatable bonds is 60. The number of aliphatic hydroxyl groups is 8. The number of allylic oxidation sites excluding steroid dienone is 11. The van der Waals surface area contributed by atoms with Crippen molar-refractivity contribution in [1.29, 1.82) is 0 Å². The van der Waals surface area contributed by atoms with E-state index in [0.717, 1.165) is 70.6 Å². The van der Waals surface area contributed by atoms with Crippen molar-refractivity contribution in [1.82, 2.24) is 5.32 Å². The standard InChI is InChI=1S/C75H135NO13/c1-3-5-7-9-11-13-15-17-19-21-23-24-25-26-27-28-29-30-31-32-33-34-35-36-37-38-39-40-41-43-45-47-49-51-53-55-57-59-67(80)76-63(64(79)58-56-54-52-50-48-46-44-42-22-20-18-16-14-12-10-8-6-4-2)62-86-74-72(85)70(83)73(66(61-78)88-74)89-75-71(84)69(82)68(81)65(60-77)87-75/h5,7,11,13,17,19,23-24,26-27,56,58,63-66,68-75,77-79,81-85H,3-4,6,8-10,12,14-16,18,20-22,25,28-55,57,59-62H2,1-2H3,(H,76,80)/b7-5-,13-11-,19-17-,24-23-,27-26-,58-56+. The van der Waals surface area contributed by atoms with Crippen LogP contribution < -0.4 is 5.32 Å². The lowest BCUT2D eigenvalue weighted by atomic mass is 9.97. The van der Waals surface area contributed by atoms with Crippen molar-refractivity contribution >= 4 is 5.91 Å². The summed E-state index contributed by atoms with van der Waals surface area (Å²) >= 11 is 0. The minimum absolute atomic E-state index is 0.235. The SMILES string of the molecule is CC/C=C\C/C=C\C/C=C\C/C=C\C/C=C\CCCCCCCCCCCCCCCCCCCCCCCC(=O)NC(COC1OC(CO)C(OC2OC(CO)C(O)C(O)C2O)C(O)C1O)C(O)/C=C/CCCCCCCCCCCCCCCCCC. The van der Waals surface area contributed by atoms with Crippen LogP contribution in [0.1, 0.15) is 303 Å². The fraction of sp³-hybridized carbons (Fsp3) is 0.827. The lowest BCUT2D eigenvalue weighted by Crippen LogP contribution is -2.65. The number of carbonyl (C=O) groups is 1. The number of amides is 1. The fourth-order valence-corrected chi connectivity index (χ4v) is 11.9. The molecule has 0 aliphatic carbocycles. The molecule has 14 heteroatoms. The molecule has 2 heterocycles. The summed E-state index contributed by atoms with van der Waals surface area (Å²) in [5, 5.41) is 87.4. The van der Waals surface area contributed by atoms with Crippen molar-refractivity contribution in [3.05, 3.63) is 72.9 Å². The Morgan fingerprint density at radius 3 is 1.19 bits per heavy atom. The molecule has 0 aromatic rings. The average Bonchev–Trinajstić information content (AvgIpc) is 1.44. The van der Waals surface area contributed by atoms with Gasteiger partial charge in [-0.15, -0.1) is 0 Å². The van der Waals surface area contributed by atoms with Crippen molar-refractivity contribution in [2.24, 2.45) is 0 Å². The van der Waals surface area contributed by atoms with Gasteiger partial charge in [0.1, 0.15) is 48.8 Å². The number of carbonyl (C=O) groups excluding carboxylic acids is 1. The molecule has 0 spiro atoms. The van der Waals surface area contributed by atoms with Gasteiger partial charge < -0.3 is 65.1 Å². The van der Waals surface area contributed by atoms with Crippen LogP contribution in [0.5, 0.6) is 0 Å². The van der Waals surface area contributed by atoms with Crippen LogP contribution in [0.3, 0.4) is 0 Å². The van der Waals surface area contributed by atoms with Crippen LogP contribution in [0.2, 0.25) is 0 Å². The van der Waals surface area contributed by atoms with Gasteiger partial charge in [0.25, 0.3) is 0 Å². The maximum absolute atomic E-state index is 13.3.